The van der Waals surface area contributed by atoms with E-state index >= 15 is 0 Å². The van der Waals surface area contributed by atoms with Gasteiger partial charge in [0.25, 0.3) is 0 Å². The SMILES string of the molecule is CCCCCCCNCCC(C)c1ccccc1. The highest BCUT2D eigenvalue weighted by Gasteiger charge is 2.03. The van der Waals surface area contributed by atoms with Gasteiger partial charge in [0.15, 0.2) is 0 Å². The van der Waals surface area contributed by atoms with Crippen molar-refractivity contribution in [1.82, 2.24) is 5.32 Å². The van der Waals surface area contributed by atoms with Gasteiger partial charge >= 0.3 is 0 Å². The van der Waals surface area contributed by atoms with Crippen molar-refractivity contribution in [3.8, 4) is 0 Å². The topological polar surface area (TPSA) is 12.0 Å². The van der Waals surface area contributed by atoms with Gasteiger partial charge in [0.2, 0.25) is 0 Å². The summed E-state index contributed by atoms with van der Waals surface area (Å²) in [5, 5.41) is 3.56. The third-order valence-electron chi connectivity index (χ3n) is 3.58. The first-order chi connectivity index (χ1) is 8.84. The predicted octanol–water partition coefficient (Wildman–Crippen LogP) is 4.74. The maximum absolute atomic E-state index is 3.56. The van der Waals surface area contributed by atoms with Crippen molar-refractivity contribution in [2.45, 2.75) is 58.3 Å². The fourth-order valence-corrected chi connectivity index (χ4v) is 2.25. The zero-order valence-corrected chi connectivity index (χ0v) is 12.1. The van der Waals surface area contributed by atoms with Crippen LogP contribution in [-0.2, 0) is 0 Å². The number of unbranched alkanes of at least 4 members (excludes halogenated alkanes) is 4. The van der Waals surface area contributed by atoms with E-state index in [0.29, 0.717) is 5.92 Å². The summed E-state index contributed by atoms with van der Waals surface area (Å²) in [4.78, 5) is 0. The molecule has 1 aromatic rings. The minimum absolute atomic E-state index is 0.666. The molecule has 0 bridgehead atoms. The van der Waals surface area contributed by atoms with Crippen LogP contribution in [0.3, 0.4) is 0 Å². The summed E-state index contributed by atoms with van der Waals surface area (Å²) in [6.07, 6.45) is 8.08. The van der Waals surface area contributed by atoms with Gasteiger partial charge in [0, 0.05) is 0 Å². The molecule has 1 rings (SSSR count). The lowest BCUT2D eigenvalue weighted by Crippen LogP contribution is -2.18. The Morgan fingerprint density at radius 3 is 2.39 bits per heavy atom. The molecular weight excluding hydrogens is 218 g/mol. The Morgan fingerprint density at radius 2 is 1.67 bits per heavy atom. The van der Waals surface area contributed by atoms with Crippen molar-refractivity contribution in [1.29, 1.82) is 0 Å². The maximum Gasteiger partial charge on any atom is -0.00432 e. The molecule has 18 heavy (non-hydrogen) atoms. The molecule has 0 spiro atoms. The molecule has 1 atom stereocenters. The quantitative estimate of drug-likeness (QED) is 0.589. The molecule has 1 aromatic carbocycles. The predicted molar refractivity (Wildman–Crippen MR) is 81.1 cm³/mol. The highest BCUT2D eigenvalue weighted by Crippen LogP contribution is 2.17. The van der Waals surface area contributed by atoms with Crippen LogP contribution in [0.25, 0.3) is 0 Å². The van der Waals surface area contributed by atoms with Gasteiger partial charge in [-0.25, -0.2) is 0 Å². The van der Waals surface area contributed by atoms with Gasteiger partial charge in [-0.3, -0.25) is 0 Å². The van der Waals surface area contributed by atoms with Gasteiger partial charge in [0.05, 0.1) is 0 Å². The van der Waals surface area contributed by atoms with E-state index in [0.717, 1.165) is 6.54 Å². The van der Waals surface area contributed by atoms with Crippen LogP contribution in [0.4, 0.5) is 0 Å². The number of hydrogen-bond donors (Lipinski definition) is 1. The summed E-state index contributed by atoms with van der Waals surface area (Å²) in [7, 11) is 0. The van der Waals surface area contributed by atoms with Crippen LogP contribution >= 0.6 is 0 Å². The summed E-state index contributed by atoms with van der Waals surface area (Å²) in [5.41, 5.74) is 1.46. The molecule has 0 radical (unpaired) electrons. The highest BCUT2D eigenvalue weighted by atomic mass is 14.8. The van der Waals surface area contributed by atoms with Crippen LogP contribution < -0.4 is 5.32 Å². The molecule has 0 aromatic heterocycles. The third kappa shape index (κ3) is 6.80. The molecule has 0 amide bonds. The monoisotopic (exact) mass is 247 g/mol. The average Bonchev–Trinajstić information content (AvgIpc) is 2.42. The number of benzene rings is 1. The van der Waals surface area contributed by atoms with E-state index in [4.69, 9.17) is 0 Å². The summed E-state index contributed by atoms with van der Waals surface area (Å²) < 4.78 is 0. The first-order valence-electron chi connectivity index (χ1n) is 7.60. The van der Waals surface area contributed by atoms with E-state index in [2.05, 4.69) is 49.5 Å². The second-order valence-corrected chi connectivity index (χ2v) is 5.26. The largest absolute Gasteiger partial charge is 0.317 e. The van der Waals surface area contributed by atoms with Gasteiger partial charge in [-0.2, -0.15) is 0 Å². The second-order valence-electron chi connectivity index (χ2n) is 5.26. The lowest BCUT2D eigenvalue weighted by atomic mass is 9.98. The van der Waals surface area contributed by atoms with Crippen LogP contribution in [0, 0.1) is 0 Å². The summed E-state index contributed by atoms with van der Waals surface area (Å²) in [6.45, 7) is 6.91. The van der Waals surface area contributed by atoms with Gasteiger partial charge in [-0.15, -0.1) is 0 Å². The Hall–Kier alpha value is -0.820. The van der Waals surface area contributed by atoms with E-state index in [1.807, 2.05) is 0 Å². The van der Waals surface area contributed by atoms with Gasteiger partial charge in [-0.1, -0.05) is 69.9 Å². The molecule has 0 aliphatic heterocycles. The molecule has 1 heteroatoms. The molecular formula is C17H29N. The van der Waals surface area contributed by atoms with Crippen LogP contribution in [0.5, 0.6) is 0 Å². The molecule has 102 valence electrons. The molecule has 1 N–H and O–H groups in total. The number of rotatable bonds is 10. The zero-order valence-electron chi connectivity index (χ0n) is 12.1. The Kier molecular flexibility index (Phi) is 8.58. The van der Waals surface area contributed by atoms with Crippen molar-refractivity contribution in [3.63, 3.8) is 0 Å². The fraction of sp³-hybridized carbons (Fsp3) is 0.647. The van der Waals surface area contributed by atoms with E-state index in [1.165, 1.54) is 50.6 Å². The minimum atomic E-state index is 0.666. The summed E-state index contributed by atoms with van der Waals surface area (Å²) in [6, 6.07) is 10.8. The van der Waals surface area contributed by atoms with Gasteiger partial charge in [0.1, 0.15) is 0 Å². The normalized spacial score (nSPS) is 12.6. The third-order valence-corrected chi connectivity index (χ3v) is 3.58. The standard InChI is InChI=1S/C17H29N/c1-3-4-5-6-10-14-18-15-13-16(2)17-11-8-7-9-12-17/h7-9,11-12,16,18H,3-6,10,13-15H2,1-2H3. The Labute approximate surface area is 113 Å². The van der Waals surface area contributed by atoms with Crippen LogP contribution in [0.15, 0.2) is 30.3 Å². The van der Waals surface area contributed by atoms with Gasteiger partial charge in [-0.05, 0) is 37.4 Å². The number of nitrogens with one attached hydrogen (secondary N) is 1. The molecule has 0 saturated heterocycles. The molecule has 0 aliphatic rings. The van der Waals surface area contributed by atoms with Crippen molar-refractivity contribution in [3.05, 3.63) is 35.9 Å². The Balaban J connectivity index is 1.98. The van der Waals surface area contributed by atoms with Crippen molar-refractivity contribution in [2.75, 3.05) is 13.1 Å². The van der Waals surface area contributed by atoms with E-state index in [1.54, 1.807) is 0 Å². The van der Waals surface area contributed by atoms with E-state index in [-0.39, 0.29) is 0 Å². The molecule has 1 nitrogen and oxygen atoms in total. The molecule has 0 saturated carbocycles. The zero-order chi connectivity index (χ0) is 13.1. The average molecular weight is 247 g/mol. The molecule has 0 heterocycles. The summed E-state index contributed by atoms with van der Waals surface area (Å²) in [5.74, 6) is 0.666. The lowest BCUT2D eigenvalue weighted by molar-refractivity contribution is 0.554. The van der Waals surface area contributed by atoms with Crippen LogP contribution in [-0.4, -0.2) is 13.1 Å². The van der Waals surface area contributed by atoms with Crippen molar-refractivity contribution in [2.24, 2.45) is 0 Å². The maximum atomic E-state index is 3.56. The summed E-state index contributed by atoms with van der Waals surface area (Å²) >= 11 is 0. The first kappa shape index (κ1) is 15.2. The van der Waals surface area contributed by atoms with E-state index < -0.39 is 0 Å². The Morgan fingerprint density at radius 1 is 0.944 bits per heavy atom. The van der Waals surface area contributed by atoms with Crippen molar-refractivity contribution >= 4 is 0 Å². The second kappa shape index (κ2) is 10.1. The molecule has 0 aliphatic carbocycles. The smallest absolute Gasteiger partial charge is 0.00432 e. The minimum Gasteiger partial charge on any atom is -0.317 e. The lowest BCUT2D eigenvalue weighted by Gasteiger charge is -2.12. The Bertz CT molecular complexity index is 281. The molecule has 1 unspecified atom stereocenters. The van der Waals surface area contributed by atoms with Crippen LogP contribution in [0.2, 0.25) is 0 Å². The van der Waals surface area contributed by atoms with Crippen LogP contribution in [0.1, 0.15) is 63.9 Å². The highest BCUT2D eigenvalue weighted by molar-refractivity contribution is 5.18. The first-order valence-corrected chi connectivity index (χ1v) is 7.60. The van der Waals surface area contributed by atoms with E-state index in [9.17, 15) is 0 Å². The molecule has 0 fully saturated rings. The van der Waals surface area contributed by atoms with Gasteiger partial charge < -0.3 is 5.32 Å². The van der Waals surface area contributed by atoms with Crippen molar-refractivity contribution < 1.29 is 0 Å². The number of hydrogen-bond acceptors (Lipinski definition) is 1. The fourth-order valence-electron chi connectivity index (χ4n) is 2.25.